The fourth-order valence-electron chi connectivity index (χ4n) is 2.93. The molecule has 96 valence electrons. The lowest BCUT2D eigenvalue weighted by Gasteiger charge is -2.28. The van der Waals surface area contributed by atoms with Gasteiger partial charge in [-0.2, -0.15) is 0 Å². The van der Waals surface area contributed by atoms with E-state index in [4.69, 9.17) is 4.42 Å². The number of hydrogen-bond acceptors (Lipinski definition) is 3. The van der Waals surface area contributed by atoms with Crippen molar-refractivity contribution in [2.45, 2.75) is 37.6 Å². The second-order valence-electron chi connectivity index (χ2n) is 5.11. The molecule has 4 nitrogen and oxygen atoms in total. The van der Waals surface area contributed by atoms with Gasteiger partial charge in [-0.05, 0) is 56.3 Å². The molecule has 0 unspecified atom stereocenters. The van der Waals surface area contributed by atoms with Crippen LogP contribution in [0.2, 0.25) is 0 Å². The normalized spacial score (nSPS) is 24.5. The highest BCUT2D eigenvalue weighted by Crippen LogP contribution is 2.33. The summed E-state index contributed by atoms with van der Waals surface area (Å²) in [7, 11) is 2.03. The van der Waals surface area contributed by atoms with Crippen molar-refractivity contribution in [3.8, 4) is 0 Å². The van der Waals surface area contributed by atoms with Crippen LogP contribution in [0.15, 0.2) is 27.4 Å². The molecule has 2 N–H and O–H groups in total. The van der Waals surface area contributed by atoms with Gasteiger partial charge in [0.25, 0.3) is 0 Å². The van der Waals surface area contributed by atoms with Gasteiger partial charge in [-0.3, -0.25) is 4.98 Å². The number of H-pyrrole nitrogens is 1. The van der Waals surface area contributed by atoms with E-state index in [1.165, 1.54) is 31.2 Å². The van der Waals surface area contributed by atoms with Crippen LogP contribution in [0.25, 0.3) is 11.1 Å². The maximum Gasteiger partial charge on any atom is 0.417 e. The highest BCUT2D eigenvalue weighted by atomic mass is 16.4. The molecule has 18 heavy (non-hydrogen) atoms. The Bertz CT molecular complexity index is 591. The van der Waals surface area contributed by atoms with Crippen LogP contribution < -0.4 is 11.1 Å². The minimum atomic E-state index is -0.374. The molecule has 1 heterocycles. The molecular weight excluding hydrogens is 228 g/mol. The second-order valence-corrected chi connectivity index (χ2v) is 5.11. The van der Waals surface area contributed by atoms with Gasteiger partial charge in [-0.25, -0.2) is 4.79 Å². The van der Waals surface area contributed by atoms with Crippen molar-refractivity contribution in [3.63, 3.8) is 0 Å². The minimum Gasteiger partial charge on any atom is -0.408 e. The molecule has 1 aliphatic rings. The molecule has 1 saturated carbocycles. The van der Waals surface area contributed by atoms with Gasteiger partial charge in [0, 0.05) is 6.04 Å². The van der Waals surface area contributed by atoms with Gasteiger partial charge in [0.2, 0.25) is 0 Å². The molecule has 1 fully saturated rings. The van der Waals surface area contributed by atoms with E-state index >= 15 is 0 Å². The molecule has 4 heteroatoms. The van der Waals surface area contributed by atoms with Crippen LogP contribution in [0.4, 0.5) is 0 Å². The summed E-state index contributed by atoms with van der Waals surface area (Å²) in [6.45, 7) is 0. The van der Waals surface area contributed by atoms with Crippen LogP contribution in [0, 0.1) is 0 Å². The first kappa shape index (κ1) is 11.5. The summed E-state index contributed by atoms with van der Waals surface area (Å²) in [5, 5.41) is 3.34. The average molecular weight is 246 g/mol. The first-order valence-corrected chi connectivity index (χ1v) is 6.56. The van der Waals surface area contributed by atoms with Crippen molar-refractivity contribution in [1.29, 1.82) is 0 Å². The number of aromatic amines is 1. The Balaban J connectivity index is 1.84. The Morgan fingerprint density at radius 3 is 2.78 bits per heavy atom. The van der Waals surface area contributed by atoms with Crippen LogP contribution in [0.5, 0.6) is 0 Å². The number of fused-ring (bicyclic) bond motifs is 1. The molecule has 2 aromatic rings. The summed E-state index contributed by atoms with van der Waals surface area (Å²) in [5.41, 5.74) is 2.75. The Labute approximate surface area is 105 Å². The van der Waals surface area contributed by atoms with E-state index in [-0.39, 0.29) is 5.76 Å². The fraction of sp³-hybridized carbons (Fsp3) is 0.500. The number of oxazole rings is 1. The first-order valence-electron chi connectivity index (χ1n) is 6.56. The zero-order chi connectivity index (χ0) is 12.5. The molecule has 0 bridgehead atoms. The molecule has 0 aliphatic heterocycles. The van der Waals surface area contributed by atoms with Gasteiger partial charge in [-0.15, -0.1) is 0 Å². The van der Waals surface area contributed by atoms with Crippen molar-refractivity contribution in [3.05, 3.63) is 34.3 Å². The van der Waals surface area contributed by atoms with E-state index in [0.29, 0.717) is 17.5 Å². The zero-order valence-electron chi connectivity index (χ0n) is 10.5. The molecule has 0 spiro atoms. The van der Waals surface area contributed by atoms with Crippen LogP contribution in [0.3, 0.4) is 0 Å². The van der Waals surface area contributed by atoms with Crippen molar-refractivity contribution in [2.75, 3.05) is 7.05 Å². The van der Waals surface area contributed by atoms with Crippen molar-refractivity contribution in [1.82, 2.24) is 10.3 Å². The summed E-state index contributed by atoms with van der Waals surface area (Å²) in [5.74, 6) is 0.222. The molecule has 0 amide bonds. The topological polar surface area (TPSA) is 58.0 Å². The Kier molecular flexibility index (Phi) is 2.96. The van der Waals surface area contributed by atoms with Gasteiger partial charge in [0.05, 0.1) is 5.52 Å². The highest BCUT2D eigenvalue weighted by Gasteiger charge is 2.21. The van der Waals surface area contributed by atoms with Crippen LogP contribution in [-0.2, 0) is 0 Å². The third-order valence-electron chi connectivity index (χ3n) is 4.05. The highest BCUT2D eigenvalue weighted by molar-refractivity contribution is 5.72. The van der Waals surface area contributed by atoms with Crippen molar-refractivity contribution >= 4 is 11.1 Å². The number of rotatable bonds is 2. The first-order chi connectivity index (χ1) is 8.76. The molecule has 0 radical (unpaired) electrons. The number of benzene rings is 1. The summed E-state index contributed by atoms with van der Waals surface area (Å²) >= 11 is 0. The SMILES string of the molecule is CN[C@H]1CC[C@H](c2ccc3[nH]c(=O)oc3c2)CC1. The van der Waals surface area contributed by atoms with E-state index in [9.17, 15) is 4.79 Å². The van der Waals surface area contributed by atoms with Crippen LogP contribution in [0.1, 0.15) is 37.2 Å². The Morgan fingerprint density at radius 1 is 1.28 bits per heavy atom. The predicted molar refractivity (Wildman–Crippen MR) is 70.9 cm³/mol. The van der Waals surface area contributed by atoms with Gasteiger partial charge >= 0.3 is 5.76 Å². The summed E-state index contributed by atoms with van der Waals surface area (Å²) in [4.78, 5) is 13.8. The van der Waals surface area contributed by atoms with Crippen LogP contribution in [-0.4, -0.2) is 18.1 Å². The van der Waals surface area contributed by atoms with Crippen molar-refractivity contribution in [2.24, 2.45) is 0 Å². The molecule has 1 aromatic carbocycles. The standard InChI is InChI=1S/C14H18N2O2/c1-15-11-5-2-9(3-6-11)10-4-7-12-13(8-10)18-14(17)16-12/h4,7-9,11,15H,2-3,5-6H2,1H3,(H,16,17)/t9-,11-. The van der Waals surface area contributed by atoms with Gasteiger partial charge in [-0.1, -0.05) is 6.07 Å². The predicted octanol–water partition coefficient (Wildman–Crippen LogP) is 2.37. The van der Waals surface area contributed by atoms with E-state index in [1.807, 2.05) is 19.2 Å². The summed E-state index contributed by atoms with van der Waals surface area (Å²) in [6, 6.07) is 6.73. The minimum absolute atomic E-state index is 0.374. The number of nitrogens with one attached hydrogen (secondary N) is 2. The molecule has 0 atom stereocenters. The van der Waals surface area contributed by atoms with E-state index in [0.717, 1.165) is 5.52 Å². The lowest BCUT2D eigenvalue weighted by atomic mass is 9.82. The summed E-state index contributed by atoms with van der Waals surface area (Å²) < 4.78 is 5.12. The molecule has 1 aromatic heterocycles. The van der Waals surface area contributed by atoms with Gasteiger partial charge in [0.15, 0.2) is 5.58 Å². The summed E-state index contributed by atoms with van der Waals surface area (Å²) in [6.07, 6.45) is 4.84. The molecule has 3 rings (SSSR count). The monoisotopic (exact) mass is 246 g/mol. The molecule has 1 aliphatic carbocycles. The molecule has 0 saturated heterocycles. The lowest BCUT2D eigenvalue weighted by Crippen LogP contribution is -2.29. The van der Waals surface area contributed by atoms with Gasteiger partial charge < -0.3 is 9.73 Å². The third kappa shape index (κ3) is 2.08. The quantitative estimate of drug-likeness (QED) is 0.855. The smallest absolute Gasteiger partial charge is 0.408 e. The van der Waals surface area contributed by atoms with E-state index in [1.54, 1.807) is 0 Å². The second kappa shape index (κ2) is 4.61. The number of aromatic nitrogens is 1. The van der Waals surface area contributed by atoms with E-state index in [2.05, 4.69) is 16.4 Å². The molecular formula is C14H18N2O2. The third-order valence-corrected chi connectivity index (χ3v) is 4.05. The maximum atomic E-state index is 11.1. The van der Waals surface area contributed by atoms with Crippen LogP contribution >= 0.6 is 0 Å². The Hall–Kier alpha value is -1.55. The Morgan fingerprint density at radius 2 is 2.06 bits per heavy atom. The fourth-order valence-corrected chi connectivity index (χ4v) is 2.93. The largest absolute Gasteiger partial charge is 0.417 e. The zero-order valence-corrected chi connectivity index (χ0v) is 10.5. The van der Waals surface area contributed by atoms with Crippen molar-refractivity contribution < 1.29 is 4.42 Å². The van der Waals surface area contributed by atoms with Gasteiger partial charge in [0.1, 0.15) is 0 Å². The maximum absolute atomic E-state index is 11.1. The van der Waals surface area contributed by atoms with E-state index < -0.39 is 0 Å². The average Bonchev–Trinajstić information content (AvgIpc) is 2.78. The lowest BCUT2D eigenvalue weighted by molar-refractivity contribution is 0.358. The number of hydrogen-bond donors (Lipinski definition) is 2.